The van der Waals surface area contributed by atoms with Gasteiger partial charge in [-0.1, -0.05) is 11.6 Å². The number of nitro groups is 1. The van der Waals surface area contributed by atoms with Crippen LogP contribution < -0.4 is 4.74 Å². The third kappa shape index (κ3) is 3.17. The van der Waals surface area contributed by atoms with Crippen molar-refractivity contribution < 1.29 is 27.9 Å². The van der Waals surface area contributed by atoms with Gasteiger partial charge in [0.25, 0.3) is 0 Å². The van der Waals surface area contributed by atoms with Crippen LogP contribution in [0.4, 0.5) is 18.9 Å². The van der Waals surface area contributed by atoms with E-state index in [4.69, 9.17) is 11.6 Å². The molecule has 1 aromatic heterocycles. The molecule has 0 unspecified atom stereocenters. The third-order valence-electron chi connectivity index (χ3n) is 2.54. The van der Waals surface area contributed by atoms with Gasteiger partial charge in [-0.2, -0.15) is 13.2 Å². The van der Waals surface area contributed by atoms with Gasteiger partial charge in [0.2, 0.25) is 5.75 Å². The first-order chi connectivity index (χ1) is 10.1. The maximum atomic E-state index is 12.3. The maximum absolute atomic E-state index is 12.3. The van der Waals surface area contributed by atoms with E-state index in [1.54, 1.807) is 0 Å². The summed E-state index contributed by atoms with van der Waals surface area (Å²) >= 11 is 8.79. The van der Waals surface area contributed by atoms with Crippen LogP contribution in [0.3, 0.4) is 0 Å². The van der Waals surface area contributed by atoms with E-state index < -0.39 is 29.1 Å². The number of hydrogen-bond donors (Lipinski definition) is 1. The Bertz CT molecular complexity index is 769. The number of aromatic hydroxyl groups is 1. The predicted molar refractivity (Wildman–Crippen MR) is 74.3 cm³/mol. The zero-order chi connectivity index (χ0) is 16.7. The summed E-state index contributed by atoms with van der Waals surface area (Å²) in [6.45, 7) is -1.61. The Morgan fingerprint density at radius 2 is 2.14 bits per heavy atom. The monoisotopic (exact) mass is 400 g/mol. The van der Waals surface area contributed by atoms with E-state index in [2.05, 4.69) is 25.7 Å². The third-order valence-corrected chi connectivity index (χ3v) is 3.85. The van der Waals surface area contributed by atoms with Crippen molar-refractivity contribution in [1.29, 1.82) is 0 Å². The molecule has 0 saturated carbocycles. The van der Waals surface area contributed by atoms with Crippen molar-refractivity contribution in [3.05, 3.63) is 31.9 Å². The van der Waals surface area contributed by atoms with Crippen molar-refractivity contribution in [3.8, 4) is 11.5 Å². The van der Waals surface area contributed by atoms with Crippen LogP contribution in [0.5, 0.6) is 11.5 Å². The van der Waals surface area contributed by atoms with E-state index in [-0.39, 0.29) is 26.1 Å². The van der Waals surface area contributed by atoms with E-state index in [1.807, 2.05) is 0 Å². The van der Waals surface area contributed by atoms with Crippen molar-refractivity contribution in [2.75, 3.05) is 6.61 Å². The number of nitrogens with zero attached hydrogens (tertiary/aromatic N) is 2. The predicted octanol–water partition coefficient (Wildman–Crippen LogP) is 4.21. The molecular formula is C11H5BrClF3N2O4. The lowest BCUT2D eigenvalue weighted by molar-refractivity contribution is -0.386. The average molecular weight is 402 g/mol. The summed E-state index contributed by atoms with van der Waals surface area (Å²) in [5.41, 5.74) is -0.892. The van der Waals surface area contributed by atoms with Crippen LogP contribution in [0.15, 0.2) is 16.7 Å². The fraction of sp³-hybridized carbons (Fsp3) is 0.182. The Labute approximate surface area is 133 Å². The highest BCUT2D eigenvalue weighted by molar-refractivity contribution is 9.10. The first-order valence-corrected chi connectivity index (χ1v) is 6.62. The standard InChI is InChI=1S/C11H5BrClF3N2O4/c12-7-5(13)1-4-8(10(7)22-3-11(14,15)16)17-2-6(9(4)19)18(20)21/h1-2H,3H2,(H,17,19). The van der Waals surface area contributed by atoms with Gasteiger partial charge in [0.1, 0.15) is 11.7 Å². The number of pyridine rings is 1. The molecule has 118 valence electrons. The van der Waals surface area contributed by atoms with Crippen LogP contribution in [-0.2, 0) is 0 Å². The summed E-state index contributed by atoms with van der Waals surface area (Å²) in [5.74, 6) is -1.13. The molecule has 6 nitrogen and oxygen atoms in total. The van der Waals surface area contributed by atoms with Gasteiger partial charge in [-0.05, 0) is 22.0 Å². The molecule has 0 spiro atoms. The summed E-state index contributed by atoms with van der Waals surface area (Å²) < 4.78 is 41.5. The van der Waals surface area contributed by atoms with Crippen LogP contribution in [0.25, 0.3) is 10.9 Å². The average Bonchev–Trinajstić information content (AvgIpc) is 2.39. The Morgan fingerprint density at radius 3 is 2.68 bits per heavy atom. The van der Waals surface area contributed by atoms with Crippen molar-refractivity contribution in [3.63, 3.8) is 0 Å². The topological polar surface area (TPSA) is 85.5 Å². The summed E-state index contributed by atoms with van der Waals surface area (Å²) in [4.78, 5) is 13.5. The molecule has 0 amide bonds. The molecule has 1 aromatic carbocycles. The molecule has 0 saturated heterocycles. The number of hydrogen-bond acceptors (Lipinski definition) is 5. The van der Waals surface area contributed by atoms with Gasteiger partial charge in [-0.3, -0.25) is 10.1 Å². The molecule has 0 atom stereocenters. The van der Waals surface area contributed by atoms with Gasteiger partial charge in [0.15, 0.2) is 12.4 Å². The molecule has 11 heteroatoms. The first-order valence-electron chi connectivity index (χ1n) is 5.45. The fourth-order valence-corrected chi connectivity index (χ4v) is 2.26. The second kappa shape index (κ2) is 5.76. The molecule has 0 aliphatic carbocycles. The number of aromatic nitrogens is 1. The molecule has 0 radical (unpaired) electrons. The molecule has 22 heavy (non-hydrogen) atoms. The molecule has 0 fully saturated rings. The first kappa shape index (κ1) is 16.6. The summed E-state index contributed by atoms with van der Waals surface area (Å²) in [7, 11) is 0. The second-order valence-electron chi connectivity index (χ2n) is 4.05. The fourth-order valence-electron chi connectivity index (χ4n) is 1.65. The van der Waals surface area contributed by atoms with Crippen molar-refractivity contribution in [2.24, 2.45) is 0 Å². The number of alkyl halides is 3. The summed E-state index contributed by atoms with van der Waals surface area (Å²) in [6.07, 6.45) is -3.88. The Kier molecular flexibility index (Phi) is 4.34. The van der Waals surface area contributed by atoms with Gasteiger partial charge < -0.3 is 9.84 Å². The maximum Gasteiger partial charge on any atom is 0.422 e. The van der Waals surface area contributed by atoms with Crippen molar-refractivity contribution in [2.45, 2.75) is 6.18 Å². The minimum absolute atomic E-state index is 0.00771. The molecule has 2 rings (SSSR count). The second-order valence-corrected chi connectivity index (χ2v) is 5.25. The Morgan fingerprint density at radius 1 is 1.50 bits per heavy atom. The van der Waals surface area contributed by atoms with Crippen LogP contribution >= 0.6 is 27.5 Å². The van der Waals surface area contributed by atoms with Gasteiger partial charge in [-0.25, -0.2) is 4.98 Å². The van der Waals surface area contributed by atoms with Gasteiger partial charge >= 0.3 is 11.9 Å². The van der Waals surface area contributed by atoms with E-state index >= 15 is 0 Å². The number of ether oxygens (including phenoxy) is 1. The normalized spacial score (nSPS) is 11.7. The Balaban J connectivity index is 2.67. The quantitative estimate of drug-likeness (QED) is 0.615. The molecule has 0 bridgehead atoms. The zero-order valence-corrected chi connectivity index (χ0v) is 12.7. The van der Waals surface area contributed by atoms with Gasteiger partial charge in [-0.15, -0.1) is 0 Å². The van der Waals surface area contributed by atoms with Crippen LogP contribution in [0, 0.1) is 10.1 Å². The van der Waals surface area contributed by atoms with Crippen LogP contribution in [0.1, 0.15) is 0 Å². The summed E-state index contributed by atoms with van der Waals surface area (Å²) in [5, 5.41) is 20.3. The molecule has 1 N–H and O–H groups in total. The van der Waals surface area contributed by atoms with E-state index in [0.717, 1.165) is 12.3 Å². The SMILES string of the molecule is O=[N+]([O-])c1cnc2c(OCC(F)(F)F)c(Br)c(Cl)cc2c1O. The molecule has 0 aliphatic heterocycles. The highest BCUT2D eigenvalue weighted by Gasteiger charge is 2.30. The largest absolute Gasteiger partial charge is 0.502 e. The number of halogens is 5. The highest BCUT2D eigenvalue weighted by Crippen LogP contribution is 2.44. The highest BCUT2D eigenvalue weighted by atomic mass is 79.9. The van der Waals surface area contributed by atoms with Crippen molar-refractivity contribution in [1.82, 2.24) is 4.98 Å². The molecule has 0 aliphatic rings. The minimum Gasteiger partial charge on any atom is -0.502 e. The van der Waals surface area contributed by atoms with E-state index in [9.17, 15) is 28.4 Å². The lowest BCUT2D eigenvalue weighted by Crippen LogP contribution is -2.19. The van der Waals surface area contributed by atoms with Gasteiger partial charge in [0, 0.05) is 0 Å². The van der Waals surface area contributed by atoms with Crippen LogP contribution in [0.2, 0.25) is 5.02 Å². The van der Waals surface area contributed by atoms with Crippen LogP contribution in [-0.4, -0.2) is 27.8 Å². The molecule has 2 aromatic rings. The van der Waals surface area contributed by atoms with Gasteiger partial charge in [0.05, 0.1) is 19.8 Å². The lowest BCUT2D eigenvalue weighted by Gasteiger charge is -2.14. The van der Waals surface area contributed by atoms with Crippen molar-refractivity contribution >= 4 is 44.1 Å². The van der Waals surface area contributed by atoms with E-state index in [1.165, 1.54) is 0 Å². The number of benzene rings is 1. The van der Waals surface area contributed by atoms with E-state index in [0.29, 0.717) is 0 Å². The number of fused-ring (bicyclic) bond motifs is 1. The zero-order valence-electron chi connectivity index (χ0n) is 10.3. The number of rotatable bonds is 3. The molecule has 1 heterocycles. The molecular weight excluding hydrogens is 396 g/mol. The smallest absolute Gasteiger partial charge is 0.422 e. The Hall–Kier alpha value is -1.81. The minimum atomic E-state index is -4.60. The lowest BCUT2D eigenvalue weighted by atomic mass is 10.1. The summed E-state index contributed by atoms with van der Waals surface area (Å²) in [6, 6.07) is 1.14.